The summed E-state index contributed by atoms with van der Waals surface area (Å²) in [6, 6.07) is 14.8. The molecule has 0 radical (unpaired) electrons. The predicted octanol–water partition coefficient (Wildman–Crippen LogP) is 3.44. The fourth-order valence-corrected chi connectivity index (χ4v) is 4.70. The minimum Gasteiger partial charge on any atom is -0.378 e. The molecular formula is C22H22N6O3S. The Bertz CT molecular complexity index is 1160. The van der Waals surface area contributed by atoms with Crippen LogP contribution in [0.1, 0.15) is 5.69 Å². The number of morpholine rings is 1. The Hall–Kier alpha value is -3.50. The summed E-state index contributed by atoms with van der Waals surface area (Å²) < 4.78 is 5.42. The van der Waals surface area contributed by atoms with Crippen LogP contribution in [0.2, 0.25) is 0 Å². The van der Waals surface area contributed by atoms with Crippen molar-refractivity contribution < 1.29 is 9.66 Å². The average Bonchev–Trinajstić information content (AvgIpc) is 3.22. The smallest absolute Gasteiger partial charge is 0.269 e. The Labute approximate surface area is 188 Å². The second-order valence-corrected chi connectivity index (χ2v) is 8.69. The lowest BCUT2D eigenvalue weighted by atomic mass is 10.2. The molecule has 10 heteroatoms. The van der Waals surface area contributed by atoms with Crippen molar-refractivity contribution in [1.29, 1.82) is 0 Å². The van der Waals surface area contributed by atoms with Crippen LogP contribution in [0, 0.1) is 10.1 Å². The molecule has 0 unspecified atom stereocenters. The van der Waals surface area contributed by atoms with Gasteiger partial charge in [0.15, 0.2) is 0 Å². The first-order valence-corrected chi connectivity index (χ1v) is 11.2. The number of thiol groups is 1. The molecule has 3 aromatic rings. The maximum Gasteiger partial charge on any atom is 0.269 e. The zero-order chi connectivity index (χ0) is 21.9. The molecule has 164 valence electrons. The number of hydrogen-bond acceptors (Lipinski definition) is 8. The second-order valence-electron chi connectivity index (χ2n) is 7.41. The highest BCUT2D eigenvalue weighted by molar-refractivity contribution is 7.99. The van der Waals surface area contributed by atoms with Gasteiger partial charge in [0, 0.05) is 48.0 Å². The largest absolute Gasteiger partial charge is 0.378 e. The van der Waals surface area contributed by atoms with E-state index in [-0.39, 0.29) is 10.6 Å². The maximum atomic E-state index is 10.9. The predicted molar refractivity (Wildman–Crippen MR) is 128 cm³/mol. The molecule has 2 aliphatic heterocycles. The molecule has 1 saturated heterocycles. The molecule has 0 amide bonds. The van der Waals surface area contributed by atoms with E-state index in [4.69, 9.17) is 9.72 Å². The summed E-state index contributed by atoms with van der Waals surface area (Å²) in [5, 5.41) is 17.5. The van der Waals surface area contributed by atoms with Gasteiger partial charge in [-0.05, 0) is 41.3 Å². The molecule has 1 aromatic heterocycles. The number of nitrogens with zero attached hydrogens (tertiary/aromatic N) is 4. The van der Waals surface area contributed by atoms with Crippen molar-refractivity contribution in [3.05, 3.63) is 70.5 Å². The van der Waals surface area contributed by atoms with Gasteiger partial charge in [-0.25, -0.2) is 9.97 Å². The SMILES string of the molecule is O=[N+]([O-])c1ccc([SH]=C2CNc3cnc(Nc4ccc(N5CCOCC5)cc4)nc32)cc1. The highest BCUT2D eigenvalue weighted by atomic mass is 32.1. The average molecular weight is 451 g/mol. The van der Waals surface area contributed by atoms with E-state index in [0.29, 0.717) is 12.5 Å². The van der Waals surface area contributed by atoms with Crippen molar-refractivity contribution in [2.24, 2.45) is 0 Å². The highest BCUT2D eigenvalue weighted by Crippen LogP contribution is 2.27. The molecule has 5 rings (SSSR count). The van der Waals surface area contributed by atoms with Crippen LogP contribution in [0.3, 0.4) is 0 Å². The summed E-state index contributed by atoms with van der Waals surface area (Å²) in [5.41, 5.74) is 3.94. The fraction of sp³-hybridized carbons (Fsp3) is 0.227. The van der Waals surface area contributed by atoms with Gasteiger partial charge in [-0.15, -0.1) is 0 Å². The monoisotopic (exact) mass is 450 g/mol. The third-order valence-electron chi connectivity index (χ3n) is 5.33. The van der Waals surface area contributed by atoms with E-state index in [0.717, 1.165) is 64.5 Å². The summed E-state index contributed by atoms with van der Waals surface area (Å²) >= 11 is 0.961. The first-order valence-electron chi connectivity index (χ1n) is 10.3. The number of nitro benzene ring substituents is 1. The molecule has 2 N–H and O–H groups in total. The Morgan fingerprint density at radius 1 is 1.09 bits per heavy atom. The van der Waals surface area contributed by atoms with Crippen molar-refractivity contribution in [1.82, 2.24) is 9.97 Å². The van der Waals surface area contributed by atoms with Gasteiger partial charge in [0.2, 0.25) is 5.95 Å². The molecular weight excluding hydrogens is 428 g/mol. The number of ether oxygens (including phenoxy) is 1. The van der Waals surface area contributed by atoms with Gasteiger partial charge in [0.05, 0.1) is 30.0 Å². The first-order chi connectivity index (χ1) is 15.7. The van der Waals surface area contributed by atoms with Crippen LogP contribution in [-0.4, -0.2) is 52.6 Å². The van der Waals surface area contributed by atoms with E-state index in [1.807, 2.05) is 12.1 Å². The lowest BCUT2D eigenvalue weighted by molar-refractivity contribution is -0.384. The summed E-state index contributed by atoms with van der Waals surface area (Å²) in [5.74, 6) is 0.531. The maximum absolute atomic E-state index is 10.9. The number of non-ortho nitro benzene ring substituents is 1. The number of aromatic nitrogens is 2. The van der Waals surface area contributed by atoms with E-state index in [1.54, 1.807) is 18.3 Å². The quantitative estimate of drug-likeness (QED) is 0.235. The third-order valence-corrected chi connectivity index (χ3v) is 6.53. The van der Waals surface area contributed by atoms with Crippen molar-refractivity contribution in [2.45, 2.75) is 4.90 Å². The number of hydrogen-bond donors (Lipinski definition) is 3. The van der Waals surface area contributed by atoms with Crippen molar-refractivity contribution in [3.63, 3.8) is 0 Å². The van der Waals surface area contributed by atoms with Crippen molar-refractivity contribution >= 4 is 44.9 Å². The topological polar surface area (TPSA) is 105 Å². The lowest BCUT2D eigenvalue weighted by Crippen LogP contribution is -2.36. The molecule has 3 heterocycles. The summed E-state index contributed by atoms with van der Waals surface area (Å²) in [6.45, 7) is 3.99. The number of fused-ring (bicyclic) bond motifs is 1. The number of nitrogens with one attached hydrogen (secondary N) is 2. The van der Waals surface area contributed by atoms with E-state index in [2.05, 4.69) is 32.7 Å². The number of nitro groups is 1. The molecule has 0 spiro atoms. The van der Waals surface area contributed by atoms with Crippen LogP contribution in [0.25, 0.3) is 0 Å². The highest BCUT2D eigenvalue weighted by Gasteiger charge is 2.19. The Kier molecular flexibility index (Phi) is 5.70. The van der Waals surface area contributed by atoms with Crippen LogP contribution < -0.4 is 15.5 Å². The molecule has 2 aliphatic rings. The zero-order valence-corrected chi connectivity index (χ0v) is 18.1. The molecule has 1 fully saturated rings. The van der Waals surface area contributed by atoms with Crippen molar-refractivity contribution in [2.75, 3.05) is 48.4 Å². The van der Waals surface area contributed by atoms with Gasteiger partial charge in [-0.1, -0.05) is 0 Å². The Balaban J connectivity index is 1.32. The normalized spacial score (nSPS) is 16.8. The first kappa shape index (κ1) is 20.4. The number of rotatable bonds is 5. The molecule has 0 atom stereocenters. The van der Waals surface area contributed by atoms with Crippen LogP contribution >= 0.6 is 11.4 Å². The number of benzene rings is 2. The Morgan fingerprint density at radius 3 is 2.56 bits per heavy atom. The van der Waals surface area contributed by atoms with Gasteiger partial charge in [-0.3, -0.25) is 10.1 Å². The van der Waals surface area contributed by atoms with Crippen LogP contribution in [-0.2, 0) is 4.74 Å². The van der Waals surface area contributed by atoms with Gasteiger partial charge in [0.25, 0.3) is 5.69 Å². The molecule has 0 saturated carbocycles. The molecule has 2 aromatic carbocycles. The van der Waals surface area contributed by atoms with Crippen LogP contribution in [0.5, 0.6) is 0 Å². The van der Waals surface area contributed by atoms with E-state index >= 15 is 0 Å². The Morgan fingerprint density at radius 2 is 1.84 bits per heavy atom. The van der Waals surface area contributed by atoms with Crippen molar-refractivity contribution in [3.8, 4) is 0 Å². The van der Waals surface area contributed by atoms with E-state index < -0.39 is 0 Å². The molecule has 0 aliphatic carbocycles. The van der Waals surface area contributed by atoms with Crippen LogP contribution in [0.15, 0.2) is 59.6 Å². The standard InChI is InChI=1S/C22H22N6O3S/c29-28(30)17-5-7-18(8-6-17)32-20-14-23-19-13-24-22(26-21(19)20)25-15-1-3-16(4-2-15)27-9-11-31-12-10-27/h1-8,13,23,32H,9-12,14H2,(H,24,25,26). The summed E-state index contributed by atoms with van der Waals surface area (Å²) in [6.07, 6.45) is 1.78. The lowest BCUT2D eigenvalue weighted by Gasteiger charge is -2.28. The van der Waals surface area contributed by atoms with Crippen LogP contribution in [0.4, 0.5) is 28.7 Å². The third kappa shape index (κ3) is 4.41. The summed E-state index contributed by atoms with van der Waals surface area (Å²) in [7, 11) is 0. The molecule has 9 nitrogen and oxygen atoms in total. The second kappa shape index (κ2) is 8.93. The minimum absolute atomic E-state index is 0.0901. The van der Waals surface area contributed by atoms with Gasteiger partial charge in [-0.2, -0.15) is 11.4 Å². The summed E-state index contributed by atoms with van der Waals surface area (Å²) in [4.78, 5) is 24.0. The number of anilines is 4. The van der Waals surface area contributed by atoms with Gasteiger partial charge in [0.1, 0.15) is 5.69 Å². The molecule has 32 heavy (non-hydrogen) atoms. The van der Waals surface area contributed by atoms with E-state index in [1.165, 1.54) is 17.8 Å². The molecule has 0 bridgehead atoms. The zero-order valence-electron chi connectivity index (χ0n) is 17.2. The van der Waals surface area contributed by atoms with E-state index in [9.17, 15) is 10.1 Å². The van der Waals surface area contributed by atoms with Gasteiger partial charge < -0.3 is 20.3 Å². The fourth-order valence-electron chi connectivity index (χ4n) is 3.66. The van der Waals surface area contributed by atoms with Gasteiger partial charge >= 0.3 is 0 Å². The minimum atomic E-state index is -0.390.